The van der Waals surface area contributed by atoms with Gasteiger partial charge in [-0.25, -0.2) is 0 Å². The van der Waals surface area contributed by atoms with Gasteiger partial charge in [-0.2, -0.15) is 0 Å². The number of nitrogens with one attached hydrogen (secondary N) is 1. The molecule has 0 radical (unpaired) electrons. The van der Waals surface area contributed by atoms with Crippen LogP contribution in [0.2, 0.25) is 0 Å². The lowest BCUT2D eigenvalue weighted by molar-refractivity contribution is -0.138. The summed E-state index contributed by atoms with van der Waals surface area (Å²) in [6.45, 7) is 2.27. The topological polar surface area (TPSA) is 49.3 Å². The summed E-state index contributed by atoms with van der Waals surface area (Å²) in [4.78, 5) is 10.3. The van der Waals surface area contributed by atoms with Crippen LogP contribution in [-0.4, -0.2) is 23.7 Å². The molecular formula is C8H13NO2. The molecule has 0 aliphatic carbocycles. The summed E-state index contributed by atoms with van der Waals surface area (Å²) in [5, 5.41) is 11.3. The van der Waals surface area contributed by atoms with E-state index in [4.69, 9.17) is 11.5 Å². The van der Waals surface area contributed by atoms with Crippen LogP contribution in [0.3, 0.4) is 0 Å². The van der Waals surface area contributed by atoms with E-state index in [-0.39, 0.29) is 0 Å². The van der Waals surface area contributed by atoms with Crippen molar-refractivity contribution in [2.75, 3.05) is 6.54 Å². The summed E-state index contributed by atoms with van der Waals surface area (Å²) in [5.74, 6) is 1.66. The van der Waals surface area contributed by atoms with E-state index < -0.39 is 12.0 Å². The van der Waals surface area contributed by atoms with E-state index in [0.717, 1.165) is 6.42 Å². The Labute approximate surface area is 66.8 Å². The molecule has 3 nitrogen and oxygen atoms in total. The number of carboxylic acids is 1. The summed E-state index contributed by atoms with van der Waals surface area (Å²) >= 11 is 0. The zero-order valence-electron chi connectivity index (χ0n) is 6.63. The van der Waals surface area contributed by atoms with Crippen LogP contribution < -0.4 is 5.32 Å². The molecular weight excluding hydrogens is 142 g/mol. The Morgan fingerprint density at radius 2 is 2.45 bits per heavy atom. The summed E-state index contributed by atoms with van der Waals surface area (Å²) in [6.07, 6.45) is 6.53. The van der Waals surface area contributed by atoms with Crippen molar-refractivity contribution in [3.63, 3.8) is 0 Å². The SMILES string of the molecule is C#CCCCNC(C)C(=O)O. The fourth-order valence-electron chi connectivity index (χ4n) is 0.596. The second-order valence-corrected chi connectivity index (χ2v) is 2.32. The molecule has 0 saturated carbocycles. The van der Waals surface area contributed by atoms with Gasteiger partial charge in [-0.05, 0) is 19.9 Å². The molecule has 3 heteroatoms. The molecule has 0 aromatic rings. The number of hydrogen-bond donors (Lipinski definition) is 2. The second-order valence-electron chi connectivity index (χ2n) is 2.32. The van der Waals surface area contributed by atoms with Crippen LogP contribution in [0.5, 0.6) is 0 Å². The number of hydrogen-bond acceptors (Lipinski definition) is 2. The lowest BCUT2D eigenvalue weighted by atomic mass is 10.3. The van der Waals surface area contributed by atoms with Crippen LogP contribution in [0.4, 0.5) is 0 Å². The largest absolute Gasteiger partial charge is 0.480 e. The van der Waals surface area contributed by atoms with Gasteiger partial charge in [-0.3, -0.25) is 4.79 Å². The highest BCUT2D eigenvalue weighted by Crippen LogP contribution is 1.86. The van der Waals surface area contributed by atoms with Gasteiger partial charge in [-0.15, -0.1) is 12.3 Å². The molecule has 1 atom stereocenters. The minimum Gasteiger partial charge on any atom is -0.480 e. The van der Waals surface area contributed by atoms with Crippen LogP contribution in [0.15, 0.2) is 0 Å². The Bertz CT molecular complexity index is 160. The molecule has 0 aromatic heterocycles. The normalized spacial score (nSPS) is 12.0. The monoisotopic (exact) mass is 155 g/mol. The average Bonchev–Trinajstić information content (AvgIpc) is 1.97. The third-order valence-corrected chi connectivity index (χ3v) is 1.32. The van der Waals surface area contributed by atoms with Crippen molar-refractivity contribution in [2.45, 2.75) is 25.8 Å². The number of rotatable bonds is 5. The van der Waals surface area contributed by atoms with Crippen molar-refractivity contribution < 1.29 is 9.90 Å². The van der Waals surface area contributed by atoms with Crippen LogP contribution in [0, 0.1) is 12.3 Å². The van der Waals surface area contributed by atoms with E-state index in [1.165, 1.54) is 0 Å². The number of aliphatic carboxylic acids is 1. The third kappa shape index (κ3) is 5.43. The zero-order chi connectivity index (χ0) is 8.69. The molecule has 0 saturated heterocycles. The first-order chi connectivity index (χ1) is 5.18. The molecule has 62 valence electrons. The van der Waals surface area contributed by atoms with Gasteiger partial charge < -0.3 is 10.4 Å². The summed E-state index contributed by atoms with van der Waals surface area (Å²) in [7, 11) is 0. The predicted molar refractivity (Wildman–Crippen MR) is 43.2 cm³/mol. The first-order valence-electron chi connectivity index (χ1n) is 3.58. The van der Waals surface area contributed by atoms with Crippen molar-refractivity contribution in [1.29, 1.82) is 0 Å². The fourth-order valence-corrected chi connectivity index (χ4v) is 0.596. The second kappa shape index (κ2) is 5.75. The number of carbonyl (C=O) groups is 1. The van der Waals surface area contributed by atoms with E-state index in [1.807, 2.05) is 0 Å². The van der Waals surface area contributed by atoms with Crippen LogP contribution in [0.25, 0.3) is 0 Å². The standard InChI is InChI=1S/C8H13NO2/c1-3-4-5-6-9-7(2)8(10)11/h1,7,9H,4-6H2,2H3,(H,10,11). The number of terminal acetylenes is 1. The van der Waals surface area contributed by atoms with Crippen LogP contribution in [-0.2, 0) is 4.79 Å². The van der Waals surface area contributed by atoms with Gasteiger partial charge in [0, 0.05) is 6.42 Å². The third-order valence-electron chi connectivity index (χ3n) is 1.32. The Morgan fingerprint density at radius 3 is 2.91 bits per heavy atom. The number of unbranched alkanes of at least 4 members (excludes halogenated alkanes) is 1. The highest BCUT2D eigenvalue weighted by atomic mass is 16.4. The van der Waals surface area contributed by atoms with Crippen molar-refractivity contribution in [3.05, 3.63) is 0 Å². The maximum absolute atomic E-state index is 10.3. The maximum atomic E-state index is 10.3. The smallest absolute Gasteiger partial charge is 0.320 e. The minimum absolute atomic E-state index is 0.479. The Kier molecular flexibility index (Phi) is 5.22. The van der Waals surface area contributed by atoms with Gasteiger partial charge in [0.25, 0.3) is 0 Å². The summed E-state index contributed by atoms with van der Waals surface area (Å²) in [5.41, 5.74) is 0. The van der Waals surface area contributed by atoms with Gasteiger partial charge in [0.05, 0.1) is 0 Å². The fraction of sp³-hybridized carbons (Fsp3) is 0.625. The van der Waals surface area contributed by atoms with E-state index >= 15 is 0 Å². The predicted octanol–water partition coefficient (Wildman–Crippen LogP) is 0.463. The molecule has 0 aromatic carbocycles. The Hall–Kier alpha value is -1.01. The summed E-state index contributed by atoms with van der Waals surface area (Å²) < 4.78 is 0. The number of carboxylic acid groups (broad SMARTS) is 1. The zero-order valence-corrected chi connectivity index (χ0v) is 6.63. The van der Waals surface area contributed by atoms with E-state index in [1.54, 1.807) is 6.92 Å². The molecule has 2 N–H and O–H groups in total. The molecule has 0 aliphatic rings. The molecule has 1 unspecified atom stereocenters. The molecule has 0 heterocycles. The van der Waals surface area contributed by atoms with Gasteiger partial charge in [0.1, 0.15) is 6.04 Å². The Balaban J connectivity index is 3.26. The van der Waals surface area contributed by atoms with Gasteiger partial charge in [0.15, 0.2) is 0 Å². The van der Waals surface area contributed by atoms with E-state index in [9.17, 15) is 4.79 Å². The van der Waals surface area contributed by atoms with Crippen LogP contribution in [0.1, 0.15) is 19.8 Å². The average molecular weight is 155 g/mol. The molecule has 0 aliphatic heterocycles. The maximum Gasteiger partial charge on any atom is 0.320 e. The van der Waals surface area contributed by atoms with Crippen molar-refractivity contribution in [3.8, 4) is 12.3 Å². The summed E-state index contributed by atoms with van der Waals surface area (Å²) in [6, 6.07) is -0.479. The highest BCUT2D eigenvalue weighted by Gasteiger charge is 2.07. The molecule has 0 bridgehead atoms. The van der Waals surface area contributed by atoms with Crippen molar-refractivity contribution >= 4 is 5.97 Å². The van der Waals surface area contributed by atoms with Gasteiger partial charge in [0.2, 0.25) is 0 Å². The lowest BCUT2D eigenvalue weighted by Gasteiger charge is -2.06. The quantitative estimate of drug-likeness (QED) is 0.448. The van der Waals surface area contributed by atoms with Gasteiger partial charge in [-0.1, -0.05) is 0 Å². The molecule has 0 amide bonds. The van der Waals surface area contributed by atoms with Gasteiger partial charge >= 0.3 is 5.97 Å². The minimum atomic E-state index is -0.828. The molecule has 11 heavy (non-hydrogen) atoms. The Morgan fingerprint density at radius 1 is 1.82 bits per heavy atom. The lowest BCUT2D eigenvalue weighted by Crippen LogP contribution is -2.34. The van der Waals surface area contributed by atoms with E-state index in [2.05, 4.69) is 11.2 Å². The first kappa shape index (κ1) is 9.99. The highest BCUT2D eigenvalue weighted by molar-refractivity contribution is 5.72. The first-order valence-corrected chi connectivity index (χ1v) is 3.58. The van der Waals surface area contributed by atoms with E-state index in [0.29, 0.717) is 13.0 Å². The molecule has 0 fully saturated rings. The van der Waals surface area contributed by atoms with Crippen LogP contribution >= 0.6 is 0 Å². The van der Waals surface area contributed by atoms with Crippen molar-refractivity contribution in [2.24, 2.45) is 0 Å². The molecule has 0 spiro atoms. The van der Waals surface area contributed by atoms with Crippen molar-refractivity contribution in [1.82, 2.24) is 5.32 Å². The molecule has 0 rings (SSSR count).